The van der Waals surface area contributed by atoms with Crippen LogP contribution in [0.2, 0.25) is 0 Å². The van der Waals surface area contributed by atoms with Gasteiger partial charge in [0, 0.05) is 62.3 Å². The Balaban J connectivity index is 1.30. The average Bonchev–Trinajstić information content (AvgIpc) is 3.32. The first-order valence-corrected chi connectivity index (χ1v) is 11.5. The lowest BCUT2D eigenvalue weighted by atomic mass is 10.0. The summed E-state index contributed by atoms with van der Waals surface area (Å²) >= 11 is 0. The summed E-state index contributed by atoms with van der Waals surface area (Å²) in [5, 5.41) is 14.3. The number of hydrogen-bond acceptors (Lipinski definition) is 6. The highest BCUT2D eigenvalue weighted by molar-refractivity contribution is 5.94. The highest BCUT2D eigenvalue weighted by atomic mass is 16.3. The Hall–Kier alpha value is -3.42. The molecule has 34 heavy (non-hydrogen) atoms. The van der Waals surface area contributed by atoms with E-state index < -0.39 is 6.10 Å². The minimum atomic E-state index is -0.672. The Morgan fingerprint density at radius 2 is 1.88 bits per heavy atom. The van der Waals surface area contributed by atoms with Crippen LogP contribution in [0.3, 0.4) is 0 Å². The topological polar surface area (TPSA) is 95.4 Å². The molecule has 0 aliphatic carbocycles. The van der Waals surface area contributed by atoms with E-state index in [1.165, 1.54) is 6.92 Å². The summed E-state index contributed by atoms with van der Waals surface area (Å²) in [5.74, 6) is -0.116. The van der Waals surface area contributed by atoms with Crippen LogP contribution >= 0.6 is 0 Å². The van der Waals surface area contributed by atoms with E-state index in [1.54, 1.807) is 42.7 Å². The predicted molar refractivity (Wildman–Crippen MR) is 129 cm³/mol. The molecular weight excluding hydrogens is 428 g/mol. The van der Waals surface area contributed by atoms with Gasteiger partial charge in [-0.1, -0.05) is 24.3 Å². The van der Waals surface area contributed by atoms with Crippen molar-refractivity contribution in [3.8, 4) is 0 Å². The molecule has 0 spiro atoms. The number of ketones is 1. The van der Waals surface area contributed by atoms with E-state index >= 15 is 0 Å². The maximum atomic E-state index is 12.8. The summed E-state index contributed by atoms with van der Waals surface area (Å²) in [5.41, 5.74) is 3.90. The van der Waals surface area contributed by atoms with Crippen molar-refractivity contribution in [3.63, 3.8) is 0 Å². The van der Waals surface area contributed by atoms with Crippen LogP contribution in [-0.4, -0.2) is 50.8 Å². The van der Waals surface area contributed by atoms with Crippen LogP contribution in [0.15, 0.2) is 67.1 Å². The SMILES string of the molecule is CC(=O)c1ccc(C(O)[C@H]2CC[C@@H](Cc3ccc(C(=O)N(C)Cc4cccnc4)cc3)N2)cn1. The molecule has 176 valence electrons. The third-order valence-corrected chi connectivity index (χ3v) is 6.32. The lowest BCUT2D eigenvalue weighted by Crippen LogP contribution is -2.35. The highest BCUT2D eigenvalue weighted by Gasteiger charge is 2.30. The Morgan fingerprint density at radius 3 is 2.53 bits per heavy atom. The predicted octanol–water partition coefficient (Wildman–Crippen LogP) is 3.35. The number of rotatable bonds is 8. The minimum absolute atomic E-state index is 0.0259. The summed E-state index contributed by atoms with van der Waals surface area (Å²) in [6, 6.07) is 15.2. The molecule has 3 heterocycles. The molecule has 3 atom stereocenters. The van der Waals surface area contributed by atoms with E-state index in [0.717, 1.165) is 30.4 Å². The molecular formula is C27H30N4O3. The van der Waals surface area contributed by atoms with Crippen LogP contribution in [0.5, 0.6) is 0 Å². The zero-order valence-corrected chi connectivity index (χ0v) is 19.5. The maximum absolute atomic E-state index is 12.8. The summed E-state index contributed by atoms with van der Waals surface area (Å²) in [4.78, 5) is 34.1. The van der Waals surface area contributed by atoms with E-state index in [9.17, 15) is 14.7 Å². The second-order valence-corrected chi connectivity index (χ2v) is 8.95. The Morgan fingerprint density at radius 1 is 1.09 bits per heavy atom. The van der Waals surface area contributed by atoms with Crippen molar-refractivity contribution in [2.45, 2.75) is 50.9 Å². The highest BCUT2D eigenvalue weighted by Crippen LogP contribution is 2.26. The number of Topliss-reactive ketones (excluding diaryl/α,β-unsaturated/α-hetero) is 1. The molecule has 2 aromatic heterocycles. The van der Waals surface area contributed by atoms with Gasteiger partial charge < -0.3 is 15.3 Å². The normalized spacial score (nSPS) is 18.4. The van der Waals surface area contributed by atoms with Crippen molar-refractivity contribution in [1.82, 2.24) is 20.2 Å². The maximum Gasteiger partial charge on any atom is 0.253 e. The molecule has 0 radical (unpaired) electrons. The number of benzene rings is 1. The quantitative estimate of drug-likeness (QED) is 0.503. The van der Waals surface area contributed by atoms with Gasteiger partial charge in [-0.25, -0.2) is 0 Å². The molecule has 2 N–H and O–H groups in total. The number of carbonyl (C=O) groups is 2. The minimum Gasteiger partial charge on any atom is -0.387 e. The molecule has 0 saturated carbocycles. The van der Waals surface area contributed by atoms with Gasteiger partial charge >= 0.3 is 0 Å². The molecule has 4 rings (SSSR count). The van der Waals surface area contributed by atoms with Gasteiger partial charge in [0.2, 0.25) is 0 Å². The fourth-order valence-electron chi connectivity index (χ4n) is 4.41. The van der Waals surface area contributed by atoms with Gasteiger partial charge in [0.15, 0.2) is 5.78 Å². The molecule has 1 aliphatic heterocycles. The van der Waals surface area contributed by atoms with Gasteiger partial charge in [-0.2, -0.15) is 0 Å². The lowest BCUT2D eigenvalue weighted by Gasteiger charge is -2.20. The van der Waals surface area contributed by atoms with Crippen molar-refractivity contribution in [3.05, 3.63) is 95.1 Å². The summed E-state index contributed by atoms with van der Waals surface area (Å²) in [6.45, 7) is 1.99. The Labute approximate surface area is 199 Å². The lowest BCUT2D eigenvalue weighted by molar-refractivity contribution is 0.0784. The number of amides is 1. The van der Waals surface area contributed by atoms with Crippen LogP contribution in [0.1, 0.15) is 63.4 Å². The molecule has 3 aromatic rings. The zero-order chi connectivity index (χ0) is 24.1. The largest absolute Gasteiger partial charge is 0.387 e. The number of nitrogens with one attached hydrogen (secondary N) is 1. The molecule has 0 bridgehead atoms. The number of aromatic nitrogens is 2. The van der Waals surface area contributed by atoms with Crippen LogP contribution in [-0.2, 0) is 13.0 Å². The van der Waals surface area contributed by atoms with Gasteiger partial charge in [-0.15, -0.1) is 0 Å². The molecule has 7 heteroatoms. The average molecular weight is 459 g/mol. The number of pyridine rings is 2. The fourth-order valence-corrected chi connectivity index (χ4v) is 4.41. The summed E-state index contributed by atoms with van der Waals surface area (Å²) in [7, 11) is 1.79. The first-order chi connectivity index (χ1) is 16.4. The molecule has 1 aromatic carbocycles. The van der Waals surface area contributed by atoms with E-state index in [1.807, 2.05) is 36.4 Å². The van der Waals surface area contributed by atoms with E-state index in [2.05, 4.69) is 15.3 Å². The first-order valence-electron chi connectivity index (χ1n) is 11.5. The Bertz CT molecular complexity index is 1120. The van der Waals surface area contributed by atoms with Crippen molar-refractivity contribution in [1.29, 1.82) is 0 Å². The molecule has 1 fully saturated rings. The summed E-state index contributed by atoms with van der Waals surface area (Å²) in [6.07, 6.45) is 7.03. The summed E-state index contributed by atoms with van der Waals surface area (Å²) < 4.78 is 0. The van der Waals surface area contributed by atoms with Gasteiger partial charge in [0.1, 0.15) is 5.69 Å². The number of hydrogen-bond donors (Lipinski definition) is 2. The van der Waals surface area contributed by atoms with Crippen molar-refractivity contribution in [2.24, 2.45) is 0 Å². The van der Waals surface area contributed by atoms with E-state index in [4.69, 9.17) is 0 Å². The Kier molecular flexibility index (Phi) is 7.45. The number of carbonyl (C=O) groups excluding carboxylic acids is 2. The standard InChI is InChI=1S/C27H30N4O3/c1-18(32)24-11-9-22(16-29-24)26(33)25-12-10-23(30-25)14-19-5-7-21(8-6-19)27(34)31(2)17-20-4-3-13-28-15-20/h3-9,11,13,15-16,23,25-26,30,33H,10,12,14,17H2,1-2H3/t23-,25+,26?/m0/s1. The third-order valence-electron chi connectivity index (χ3n) is 6.32. The fraction of sp³-hybridized carbons (Fsp3) is 0.333. The van der Waals surface area contributed by atoms with Gasteiger partial charge in [0.25, 0.3) is 5.91 Å². The van der Waals surface area contributed by atoms with Crippen LogP contribution < -0.4 is 5.32 Å². The second-order valence-electron chi connectivity index (χ2n) is 8.95. The zero-order valence-electron chi connectivity index (χ0n) is 19.5. The van der Waals surface area contributed by atoms with Gasteiger partial charge in [-0.05, 0) is 54.7 Å². The van der Waals surface area contributed by atoms with E-state index in [0.29, 0.717) is 23.4 Å². The molecule has 1 unspecified atom stereocenters. The third kappa shape index (κ3) is 5.73. The number of aliphatic hydroxyl groups excluding tert-OH is 1. The molecule has 1 amide bonds. The molecule has 1 saturated heterocycles. The van der Waals surface area contributed by atoms with Crippen LogP contribution in [0, 0.1) is 0 Å². The number of aliphatic hydroxyl groups is 1. The monoisotopic (exact) mass is 458 g/mol. The molecule has 7 nitrogen and oxygen atoms in total. The van der Waals surface area contributed by atoms with Crippen molar-refractivity contribution < 1.29 is 14.7 Å². The van der Waals surface area contributed by atoms with E-state index in [-0.39, 0.29) is 23.8 Å². The van der Waals surface area contributed by atoms with Crippen molar-refractivity contribution in [2.75, 3.05) is 7.05 Å². The van der Waals surface area contributed by atoms with Crippen LogP contribution in [0.4, 0.5) is 0 Å². The van der Waals surface area contributed by atoms with Crippen molar-refractivity contribution >= 4 is 11.7 Å². The smallest absolute Gasteiger partial charge is 0.253 e. The van der Waals surface area contributed by atoms with Crippen LogP contribution in [0.25, 0.3) is 0 Å². The number of nitrogens with zero attached hydrogens (tertiary/aromatic N) is 3. The first kappa shape index (κ1) is 23.7. The van der Waals surface area contributed by atoms with Gasteiger partial charge in [0.05, 0.1) is 6.10 Å². The molecule has 1 aliphatic rings. The van der Waals surface area contributed by atoms with Gasteiger partial charge in [-0.3, -0.25) is 19.6 Å². The second kappa shape index (κ2) is 10.7.